The molecule has 0 bridgehead atoms. The van der Waals surface area contributed by atoms with Gasteiger partial charge in [-0.2, -0.15) is 5.26 Å². The fourth-order valence-electron chi connectivity index (χ4n) is 1.29. The van der Waals surface area contributed by atoms with Gasteiger partial charge in [-0.25, -0.2) is 13.1 Å². The molecule has 74 valence electrons. The second kappa shape index (κ2) is 4.56. The van der Waals surface area contributed by atoms with Crippen LogP contribution in [-0.4, -0.2) is 33.3 Å². The third kappa shape index (κ3) is 3.72. The topological polar surface area (TPSA) is 82.0 Å². The van der Waals surface area contributed by atoms with E-state index in [9.17, 15) is 8.42 Å². The van der Waals surface area contributed by atoms with Gasteiger partial charge < -0.3 is 5.32 Å². The highest BCUT2D eigenvalue weighted by molar-refractivity contribution is 7.89. The first-order valence-corrected chi connectivity index (χ1v) is 5.87. The number of rotatable bonds is 4. The molecule has 0 spiro atoms. The Morgan fingerprint density at radius 1 is 1.62 bits per heavy atom. The van der Waals surface area contributed by atoms with Crippen LogP contribution in [0.2, 0.25) is 0 Å². The number of nitriles is 1. The van der Waals surface area contributed by atoms with Gasteiger partial charge in [0.2, 0.25) is 10.0 Å². The third-order valence-corrected chi connectivity index (χ3v) is 3.08. The van der Waals surface area contributed by atoms with Crippen molar-refractivity contribution in [2.24, 2.45) is 0 Å². The van der Waals surface area contributed by atoms with E-state index in [4.69, 9.17) is 5.26 Å². The Hall–Kier alpha value is -0.640. The van der Waals surface area contributed by atoms with Crippen LogP contribution in [0.3, 0.4) is 0 Å². The van der Waals surface area contributed by atoms with Crippen LogP contribution in [0, 0.1) is 11.3 Å². The van der Waals surface area contributed by atoms with E-state index in [1.54, 1.807) is 6.07 Å². The molecule has 1 aliphatic rings. The lowest BCUT2D eigenvalue weighted by Crippen LogP contribution is -2.37. The van der Waals surface area contributed by atoms with Crippen molar-refractivity contribution < 1.29 is 8.42 Å². The van der Waals surface area contributed by atoms with Crippen molar-refractivity contribution in [3.05, 3.63) is 0 Å². The van der Waals surface area contributed by atoms with Gasteiger partial charge in [0.1, 0.15) is 0 Å². The van der Waals surface area contributed by atoms with E-state index in [-0.39, 0.29) is 6.04 Å². The Bertz CT molecular complexity index is 287. The number of nitrogens with one attached hydrogen (secondary N) is 2. The number of hydrogen-bond acceptors (Lipinski definition) is 4. The first-order valence-electron chi connectivity index (χ1n) is 4.22. The normalized spacial score (nSPS) is 22.8. The molecule has 6 heteroatoms. The standard InChI is InChI=1S/C7H13N3O2S/c8-3-5-13(11,12)10-6-7-2-1-4-9-7/h7,9-10H,1-2,4-6H2. The second-order valence-electron chi connectivity index (χ2n) is 3.06. The predicted molar refractivity (Wildman–Crippen MR) is 48.4 cm³/mol. The van der Waals surface area contributed by atoms with Crippen molar-refractivity contribution in [3.63, 3.8) is 0 Å². The van der Waals surface area contributed by atoms with Gasteiger partial charge in [-0.3, -0.25) is 0 Å². The van der Waals surface area contributed by atoms with E-state index in [0.29, 0.717) is 6.54 Å². The van der Waals surface area contributed by atoms with E-state index >= 15 is 0 Å². The molecule has 1 heterocycles. The molecule has 0 radical (unpaired) electrons. The Labute approximate surface area is 78.2 Å². The van der Waals surface area contributed by atoms with Gasteiger partial charge in [-0.15, -0.1) is 0 Å². The molecule has 2 N–H and O–H groups in total. The first kappa shape index (κ1) is 10.4. The minimum atomic E-state index is -3.37. The number of hydrogen-bond donors (Lipinski definition) is 2. The summed E-state index contributed by atoms with van der Waals surface area (Å²) in [6.07, 6.45) is 2.08. The molecule has 1 saturated heterocycles. The lowest BCUT2D eigenvalue weighted by atomic mass is 10.2. The number of sulfonamides is 1. The maximum atomic E-state index is 11.0. The van der Waals surface area contributed by atoms with Gasteiger partial charge in [0.25, 0.3) is 0 Å². The Balaban J connectivity index is 2.29. The highest BCUT2D eigenvalue weighted by atomic mass is 32.2. The van der Waals surface area contributed by atoms with Crippen LogP contribution >= 0.6 is 0 Å². The van der Waals surface area contributed by atoms with Gasteiger partial charge in [0.05, 0.1) is 6.07 Å². The summed E-state index contributed by atoms with van der Waals surface area (Å²) >= 11 is 0. The van der Waals surface area contributed by atoms with Crippen LogP contribution in [0.4, 0.5) is 0 Å². The van der Waals surface area contributed by atoms with Crippen molar-refractivity contribution in [2.45, 2.75) is 18.9 Å². The van der Waals surface area contributed by atoms with Gasteiger partial charge >= 0.3 is 0 Å². The van der Waals surface area contributed by atoms with E-state index in [1.165, 1.54) is 0 Å². The molecule has 0 aromatic rings. The molecule has 1 rings (SSSR count). The molecule has 0 aliphatic carbocycles. The average molecular weight is 203 g/mol. The minimum absolute atomic E-state index is 0.230. The minimum Gasteiger partial charge on any atom is -0.313 e. The highest BCUT2D eigenvalue weighted by Gasteiger charge is 2.16. The van der Waals surface area contributed by atoms with Gasteiger partial charge in [-0.05, 0) is 19.4 Å². The summed E-state index contributed by atoms with van der Waals surface area (Å²) < 4.78 is 24.4. The predicted octanol–water partition coefficient (Wildman–Crippen LogP) is -0.819. The summed E-state index contributed by atoms with van der Waals surface area (Å²) in [5, 5.41) is 11.4. The maximum Gasteiger partial charge on any atom is 0.225 e. The van der Waals surface area contributed by atoms with E-state index in [0.717, 1.165) is 19.4 Å². The highest BCUT2D eigenvalue weighted by Crippen LogP contribution is 2.03. The monoisotopic (exact) mass is 203 g/mol. The zero-order valence-corrected chi connectivity index (χ0v) is 8.10. The van der Waals surface area contributed by atoms with Crippen LogP contribution in [-0.2, 0) is 10.0 Å². The molecule has 1 unspecified atom stereocenters. The van der Waals surface area contributed by atoms with Crippen LogP contribution in [0.15, 0.2) is 0 Å². The van der Waals surface area contributed by atoms with E-state index in [2.05, 4.69) is 10.0 Å². The Kier molecular flexibility index (Phi) is 3.66. The molecule has 0 aromatic heterocycles. The lowest BCUT2D eigenvalue weighted by Gasteiger charge is -2.09. The largest absolute Gasteiger partial charge is 0.313 e. The molecule has 5 nitrogen and oxygen atoms in total. The Morgan fingerprint density at radius 2 is 2.38 bits per heavy atom. The second-order valence-corrected chi connectivity index (χ2v) is 4.87. The average Bonchev–Trinajstić information content (AvgIpc) is 2.52. The Morgan fingerprint density at radius 3 is 2.92 bits per heavy atom. The lowest BCUT2D eigenvalue weighted by molar-refractivity contribution is 0.554. The zero-order valence-electron chi connectivity index (χ0n) is 7.28. The zero-order chi connectivity index (χ0) is 9.73. The maximum absolute atomic E-state index is 11.0. The number of nitrogens with zero attached hydrogens (tertiary/aromatic N) is 1. The van der Waals surface area contributed by atoms with E-state index in [1.807, 2.05) is 0 Å². The molecular weight excluding hydrogens is 190 g/mol. The summed E-state index contributed by atoms with van der Waals surface area (Å²) in [5.41, 5.74) is 0. The van der Waals surface area contributed by atoms with E-state index < -0.39 is 15.8 Å². The quantitative estimate of drug-likeness (QED) is 0.625. The molecule has 13 heavy (non-hydrogen) atoms. The molecule has 1 aliphatic heterocycles. The molecular formula is C7H13N3O2S. The summed E-state index contributed by atoms with van der Waals surface area (Å²) in [5.74, 6) is -0.459. The van der Waals surface area contributed by atoms with Crippen molar-refractivity contribution in [1.82, 2.24) is 10.0 Å². The summed E-state index contributed by atoms with van der Waals surface area (Å²) in [4.78, 5) is 0. The van der Waals surface area contributed by atoms with Crippen LogP contribution < -0.4 is 10.0 Å². The van der Waals surface area contributed by atoms with Gasteiger partial charge in [0, 0.05) is 12.6 Å². The van der Waals surface area contributed by atoms with Crippen molar-refractivity contribution in [3.8, 4) is 6.07 Å². The molecule has 1 atom stereocenters. The van der Waals surface area contributed by atoms with Crippen molar-refractivity contribution in [2.75, 3.05) is 18.8 Å². The van der Waals surface area contributed by atoms with Crippen LogP contribution in [0.1, 0.15) is 12.8 Å². The molecule has 0 aromatic carbocycles. The first-order chi connectivity index (χ1) is 6.14. The fourth-order valence-corrected chi connectivity index (χ4v) is 2.02. The van der Waals surface area contributed by atoms with Gasteiger partial charge in [-0.1, -0.05) is 0 Å². The SMILES string of the molecule is N#CCS(=O)(=O)NCC1CCCN1. The smallest absolute Gasteiger partial charge is 0.225 e. The molecule has 1 fully saturated rings. The fraction of sp³-hybridized carbons (Fsp3) is 0.857. The molecule has 0 saturated carbocycles. The van der Waals surface area contributed by atoms with Crippen molar-refractivity contribution in [1.29, 1.82) is 5.26 Å². The summed E-state index contributed by atoms with van der Waals surface area (Å²) in [6.45, 7) is 1.34. The summed E-state index contributed by atoms with van der Waals surface area (Å²) in [7, 11) is -3.37. The third-order valence-electron chi connectivity index (χ3n) is 1.97. The van der Waals surface area contributed by atoms with Crippen LogP contribution in [0.5, 0.6) is 0 Å². The summed E-state index contributed by atoms with van der Waals surface area (Å²) in [6, 6.07) is 1.84. The van der Waals surface area contributed by atoms with Crippen molar-refractivity contribution >= 4 is 10.0 Å². The van der Waals surface area contributed by atoms with Gasteiger partial charge in [0.15, 0.2) is 5.75 Å². The van der Waals surface area contributed by atoms with Crippen LogP contribution in [0.25, 0.3) is 0 Å². The molecule has 0 amide bonds.